The molecule has 0 atom stereocenters. The van der Waals surface area contributed by atoms with E-state index < -0.39 is 17.8 Å². The van der Waals surface area contributed by atoms with Crippen molar-refractivity contribution in [3.05, 3.63) is 59.2 Å². The van der Waals surface area contributed by atoms with E-state index in [1.165, 1.54) is 24.4 Å². The van der Waals surface area contributed by atoms with Gasteiger partial charge >= 0.3 is 17.8 Å². The number of ether oxygens (including phenoxy) is 1. The molecule has 0 bridgehead atoms. The van der Waals surface area contributed by atoms with Crippen molar-refractivity contribution in [3.63, 3.8) is 0 Å². The van der Waals surface area contributed by atoms with Gasteiger partial charge in [0.2, 0.25) is 0 Å². The summed E-state index contributed by atoms with van der Waals surface area (Å²) in [4.78, 5) is 34.9. The van der Waals surface area contributed by atoms with E-state index in [-0.39, 0.29) is 5.56 Å². The first-order valence-electron chi connectivity index (χ1n) is 8.12. The molecule has 8 nitrogen and oxygen atoms in total. The molecule has 2 aromatic rings. The standard InChI is InChI=1S/C19H19N3O5/c1-3-27-16-9-8-13(19(25)26)10-14(16)11-20-22-18(24)17(23)21-15-7-5-4-6-12(15)2/h4-11H,3H2,1-2H3,(H,21,23)(H,22,24)(H,25,26)/b20-11-. The fourth-order valence-corrected chi connectivity index (χ4v) is 2.17. The molecule has 0 heterocycles. The van der Waals surface area contributed by atoms with Crippen LogP contribution < -0.4 is 15.5 Å². The van der Waals surface area contributed by atoms with Gasteiger partial charge in [-0.2, -0.15) is 5.10 Å². The molecule has 0 radical (unpaired) electrons. The van der Waals surface area contributed by atoms with Gasteiger partial charge in [-0.05, 0) is 43.7 Å². The topological polar surface area (TPSA) is 117 Å². The molecule has 0 aliphatic heterocycles. The van der Waals surface area contributed by atoms with Crippen LogP contribution in [0.5, 0.6) is 5.75 Å². The number of hydrogen-bond donors (Lipinski definition) is 3. The molecule has 8 heteroatoms. The number of carboxylic acids is 1. The highest BCUT2D eigenvalue weighted by atomic mass is 16.5. The van der Waals surface area contributed by atoms with Crippen molar-refractivity contribution < 1.29 is 24.2 Å². The first kappa shape index (κ1) is 19.6. The van der Waals surface area contributed by atoms with Gasteiger partial charge in [-0.25, -0.2) is 10.2 Å². The summed E-state index contributed by atoms with van der Waals surface area (Å²) in [6.07, 6.45) is 1.22. The molecular formula is C19H19N3O5. The van der Waals surface area contributed by atoms with Crippen molar-refractivity contribution >= 4 is 29.7 Å². The lowest BCUT2D eigenvalue weighted by Gasteiger charge is -2.08. The second-order valence-corrected chi connectivity index (χ2v) is 5.46. The Morgan fingerprint density at radius 2 is 1.89 bits per heavy atom. The maximum absolute atomic E-state index is 11.9. The predicted molar refractivity (Wildman–Crippen MR) is 100 cm³/mol. The van der Waals surface area contributed by atoms with Crippen LogP contribution in [0.3, 0.4) is 0 Å². The van der Waals surface area contributed by atoms with Crippen molar-refractivity contribution in [2.75, 3.05) is 11.9 Å². The van der Waals surface area contributed by atoms with Crippen LogP contribution in [-0.4, -0.2) is 35.7 Å². The van der Waals surface area contributed by atoms with Crippen LogP contribution in [0.15, 0.2) is 47.6 Å². The number of carbonyl (C=O) groups is 3. The zero-order valence-corrected chi connectivity index (χ0v) is 14.9. The van der Waals surface area contributed by atoms with Crippen LogP contribution in [0.25, 0.3) is 0 Å². The van der Waals surface area contributed by atoms with E-state index in [9.17, 15) is 14.4 Å². The molecule has 0 fully saturated rings. The smallest absolute Gasteiger partial charge is 0.335 e. The Bertz CT molecular complexity index is 893. The van der Waals surface area contributed by atoms with Gasteiger partial charge in [0.1, 0.15) is 5.75 Å². The molecule has 0 saturated carbocycles. The summed E-state index contributed by atoms with van der Waals surface area (Å²) >= 11 is 0. The zero-order chi connectivity index (χ0) is 19.8. The van der Waals surface area contributed by atoms with Gasteiger partial charge in [-0.1, -0.05) is 18.2 Å². The van der Waals surface area contributed by atoms with Crippen molar-refractivity contribution in [1.82, 2.24) is 5.43 Å². The Labute approximate surface area is 155 Å². The lowest BCUT2D eigenvalue weighted by atomic mass is 10.1. The molecule has 0 spiro atoms. The van der Waals surface area contributed by atoms with E-state index in [2.05, 4.69) is 15.8 Å². The Hall–Kier alpha value is -3.68. The molecule has 2 aromatic carbocycles. The fourth-order valence-electron chi connectivity index (χ4n) is 2.17. The predicted octanol–water partition coefficient (Wildman–Crippen LogP) is 2.18. The largest absolute Gasteiger partial charge is 0.493 e. The maximum Gasteiger partial charge on any atom is 0.335 e. The third kappa shape index (κ3) is 5.40. The summed E-state index contributed by atoms with van der Waals surface area (Å²) in [7, 11) is 0. The van der Waals surface area contributed by atoms with Gasteiger partial charge in [-0.15, -0.1) is 0 Å². The summed E-state index contributed by atoms with van der Waals surface area (Å²) in [6, 6.07) is 11.3. The number of anilines is 1. The minimum atomic E-state index is -1.10. The van der Waals surface area contributed by atoms with E-state index in [0.29, 0.717) is 23.6 Å². The second kappa shape index (κ2) is 9.14. The fraction of sp³-hybridized carbons (Fsp3) is 0.158. The molecule has 0 aliphatic rings. The number of carbonyl (C=O) groups excluding carboxylic acids is 2. The van der Waals surface area contributed by atoms with Crippen molar-refractivity contribution in [1.29, 1.82) is 0 Å². The zero-order valence-electron chi connectivity index (χ0n) is 14.9. The summed E-state index contributed by atoms with van der Waals surface area (Å²) in [5, 5.41) is 15.3. The molecule has 0 saturated heterocycles. The molecule has 2 amide bonds. The van der Waals surface area contributed by atoms with E-state index in [1.54, 1.807) is 32.0 Å². The Morgan fingerprint density at radius 1 is 1.15 bits per heavy atom. The number of amides is 2. The third-order valence-electron chi connectivity index (χ3n) is 3.53. The number of hydrogen-bond acceptors (Lipinski definition) is 5. The number of benzene rings is 2. The lowest BCUT2D eigenvalue weighted by Crippen LogP contribution is -2.32. The number of rotatable bonds is 6. The third-order valence-corrected chi connectivity index (χ3v) is 3.53. The van der Waals surface area contributed by atoms with Crippen LogP contribution in [0, 0.1) is 6.92 Å². The van der Waals surface area contributed by atoms with Gasteiger partial charge in [-0.3, -0.25) is 9.59 Å². The van der Waals surface area contributed by atoms with Gasteiger partial charge in [0, 0.05) is 11.3 Å². The Balaban J connectivity index is 2.06. The number of nitrogens with one attached hydrogen (secondary N) is 2. The minimum absolute atomic E-state index is 0.0449. The van der Waals surface area contributed by atoms with Gasteiger partial charge in [0.15, 0.2) is 0 Å². The first-order valence-corrected chi connectivity index (χ1v) is 8.12. The van der Waals surface area contributed by atoms with Crippen molar-refractivity contribution in [3.8, 4) is 5.75 Å². The van der Waals surface area contributed by atoms with E-state index in [0.717, 1.165) is 5.56 Å². The molecule has 2 rings (SSSR count). The van der Waals surface area contributed by atoms with Gasteiger partial charge < -0.3 is 15.2 Å². The SMILES string of the molecule is CCOc1ccc(C(=O)O)cc1/C=N\NC(=O)C(=O)Nc1ccccc1C. The first-order chi connectivity index (χ1) is 12.9. The van der Waals surface area contributed by atoms with Gasteiger partial charge in [0.25, 0.3) is 0 Å². The Morgan fingerprint density at radius 3 is 2.56 bits per heavy atom. The van der Waals surface area contributed by atoms with E-state index in [4.69, 9.17) is 9.84 Å². The number of nitrogens with zero attached hydrogens (tertiary/aromatic N) is 1. The molecule has 0 unspecified atom stereocenters. The van der Waals surface area contributed by atoms with Crippen molar-refractivity contribution in [2.45, 2.75) is 13.8 Å². The summed E-state index contributed by atoms with van der Waals surface area (Å²) < 4.78 is 5.39. The number of aromatic carboxylic acids is 1. The monoisotopic (exact) mass is 369 g/mol. The summed E-state index contributed by atoms with van der Waals surface area (Å²) in [5.41, 5.74) is 3.84. The van der Waals surface area contributed by atoms with Crippen molar-refractivity contribution in [2.24, 2.45) is 5.10 Å². The normalized spacial score (nSPS) is 10.4. The second-order valence-electron chi connectivity index (χ2n) is 5.46. The van der Waals surface area contributed by atoms with Crippen LogP contribution in [0.1, 0.15) is 28.4 Å². The van der Waals surface area contributed by atoms with Crippen LogP contribution in [0.4, 0.5) is 5.69 Å². The average Bonchev–Trinajstić information content (AvgIpc) is 2.64. The molecular weight excluding hydrogens is 350 g/mol. The summed E-state index contributed by atoms with van der Waals surface area (Å²) in [5.74, 6) is -2.52. The number of para-hydroxylation sites is 1. The Kier molecular flexibility index (Phi) is 6.65. The number of carboxylic acid groups (broad SMARTS) is 1. The van der Waals surface area contributed by atoms with Crippen LogP contribution in [0.2, 0.25) is 0 Å². The highest BCUT2D eigenvalue weighted by Crippen LogP contribution is 2.18. The quantitative estimate of drug-likeness (QED) is 0.410. The molecule has 27 heavy (non-hydrogen) atoms. The maximum atomic E-state index is 11.9. The average molecular weight is 369 g/mol. The highest BCUT2D eigenvalue weighted by Gasteiger charge is 2.14. The lowest BCUT2D eigenvalue weighted by molar-refractivity contribution is -0.136. The summed E-state index contributed by atoms with van der Waals surface area (Å²) in [6.45, 7) is 3.96. The number of aryl methyl sites for hydroxylation is 1. The van der Waals surface area contributed by atoms with Crippen LogP contribution in [-0.2, 0) is 9.59 Å². The van der Waals surface area contributed by atoms with E-state index >= 15 is 0 Å². The molecule has 0 aliphatic carbocycles. The molecule has 140 valence electrons. The minimum Gasteiger partial charge on any atom is -0.493 e. The number of hydrazone groups is 1. The molecule has 3 N–H and O–H groups in total. The molecule has 0 aromatic heterocycles. The van der Waals surface area contributed by atoms with E-state index in [1.807, 2.05) is 6.07 Å². The van der Waals surface area contributed by atoms with Gasteiger partial charge in [0.05, 0.1) is 18.4 Å². The highest BCUT2D eigenvalue weighted by molar-refractivity contribution is 6.39. The van der Waals surface area contributed by atoms with Crippen LogP contribution >= 0.6 is 0 Å².